The zero-order valence-corrected chi connectivity index (χ0v) is 15.8. The van der Waals surface area contributed by atoms with E-state index in [1.165, 1.54) is 18.4 Å². The van der Waals surface area contributed by atoms with Gasteiger partial charge in [-0.3, -0.25) is 0 Å². The van der Waals surface area contributed by atoms with Crippen LogP contribution in [0.25, 0.3) is 0 Å². The van der Waals surface area contributed by atoms with Crippen LogP contribution in [0.5, 0.6) is 0 Å². The molecule has 0 atom stereocenters. The van der Waals surface area contributed by atoms with E-state index in [-0.39, 0.29) is 10.8 Å². The Morgan fingerprint density at radius 2 is 1.65 bits per heavy atom. The predicted molar refractivity (Wildman–Crippen MR) is 95.8 cm³/mol. The molecule has 1 amide bonds. The van der Waals surface area contributed by atoms with Crippen LogP contribution < -0.4 is 0 Å². The standard InChI is InChI=1S/C19H26BrNO2/c1-17(2,3)19(14-4-6-15(20)7-5-14)12-18(13-19)8-10-21(11-9-18)16(22)23/h4-7H,8-13H2,1-3H3,(H,22,23). The van der Waals surface area contributed by atoms with Crippen molar-refractivity contribution in [2.45, 2.75) is 51.9 Å². The second-order valence-electron chi connectivity index (χ2n) is 8.46. The summed E-state index contributed by atoms with van der Waals surface area (Å²) in [6.45, 7) is 8.41. The third kappa shape index (κ3) is 2.79. The summed E-state index contributed by atoms with van der Waals surface area (Å²) in [4.78, 5) is 12.7. The number of likely N-dealkylation sites (tertiary alicyclic amines) is 1. The zero-order chi connectivity index (χ0) is 16.9. The summed E-state index contributed by atoms with van der Waals surface area (Å²) in [5.74, 6) is 0. The Bertz CT molecular complexity index is 587. The summed E-state index contributed by atoms with van der Waals surface area (Å²) in [5.41, 5.74) is 2.18. The number of rotatable bonds is 1. The first kappa shape index (κ1) is 16.8. The lowest BCUT2D eigenvalue weighted by atomic mass is 9.41. The average Bonchev–Trinajstić information content (AvgIpc) is 2.44. The minimum Gasteiger partial charge on any atom is -0.465 e. The molecule has 2 aliphatic rings. The van der Waals surface area contributed by atoms with Crippen LogP contribution in [0.15, 0.2) is 28.7 Å². The largest absolute Gasteiger partial charge is 0.465 e. The number of nitrogens with zero attached hydrogens (tertiary/aromatic N) is 1. The third-order valence-electron chi connectivity index (χ3n) is 6.28. The fraction of sp³-hybridized carbons (Fsp3) is 0.632. The van der Waals surface area contributed by atoms with Crippen molar-refractivity contribution in [1.82, 2.24) is 4.90 Å². The quantitative estimate of drug-likeness (QED) is 0.720. The SMILES string of the molecule is CC(C)(C)C1(c2ccc(Br)cc2)CC2(CCN(C(=O)O)CC2)C1. The first-order chi connectivity index (χ1) is 10.7. The second kappa shape index (κ2) is 5.51. The molecule has 0 bridgehead atoms. The van der Waals surface area contributed by atoms with Gasteiger partial charge in [0.25, 0.3) is 0 Å². The van der Waals surface area contributed by atoms with Gasteiger partial charge in [-0.15, -0.1) is 0 Å². The van der Waals surface area contributed by atoms with E-state index in [1.54, 1.807) is 4.90 Å². The van der Waals surface area contributed by atoms with Crippen molar-refractivity contribution in [2.24, 2.45) is 10.8 Å². The Balaban J connectivity index is 1.81. The van der Waals surface area contributed by atoms with Crippen molar-refractivity contribution in [2.75, 3.05) is 13.1 Å². The van der Waals surface area contributed by atoms with Gasteiger partial charge in [0.2, 0.25) is 0 Å². The van der Waals surface area contributed by atoms with Crippen LogP contribution in [0, 0.1) is 10.8 Å². The Kier molecular flexibility index (Phi) is 4.03. The maximum absolute atomic E-state index is 11.1. The number of amides is 1. The summed E-state index contributed by atoms with van der Waals surface area (Å²) < 4.78 is 1.12. The number of hydrogen-bond acceptors (Lipinski definition) is 1. The Morgan fingerprint density at radius 1 is 1.13 bits per heavy atom. The van der Waals surface area contributed by atoms with Crippen molar-refractivity contribution in [3.05, 3.63) is 34.3 Å². The third-order valence-corrected chi connectivity index (χ3v) is 6.81. The minimum absolute atomic E-state index is 0.204. The van der Waals surface area contributed by atoms with Crippen LogP contribution in [0.4, 0.5) is 4.79 Å². The molecule has 0 radical (unpaired) electrons. The van der Waals surface area contributed by atoms with Crippen LogP contribution in [0.3, 0.4) is 0 Å². The van der Waals surface area contributed by atoms with E-state index in [9.17, 15) is 4.79 Å². The lowest BCUT2D eigenvalue weighted by Crippen LogP contribution is -2.59. The van der Waals surface area contributed by atoms with Gasteiger partial charge in [-0.1, -0.05) is 48.8 Å². The average molecular weight is 380 g/mol. The first-order valence-corrected chi connectivity index (χ1v) is 9.21. The van der Waals surface area contributed by atoms with Crippen molar-refractivity contribution < 1.29 is 9.90 Å². The fourth-order valence-electron chi connectivity index (χ4n) is 4.69. The Hall–Kier alpha value is -1.03. The highest BCUT2D eigenvalue weighted by atomic mass is 79.9. The lowest BCUT2D eigenvalue weighted by molar-refractivity contribution is -0.0816. The summed E-state index contributed by atoms with van der Waals surface area (Å²) >= 11 is 3.53. The molecule has 1 saturated heterocycles. The molecule has 23 heavy (non-hydrogen) atoms. The number of piperidine rings is 1. The first-order valence-electron chi connectivity index (χ1n) is 8.42. The van der Waals surface area contributed by atoms with Crippen molar-refractivity contribution in [1.29, 1.82) is 0 Å². The highest BCUT2D eigenvalue weighted by Gasteiger charge is 2.60. The normalized spacial score (nSPS) is 22.7. The van der Waals surface area contributed by atoms with E-state index in [0.717, 1.165) is 17.3 Å². The van der Waals surface area contributed by atoms with Crippen LogP contribution in [-0.2, 0) is 5.41 Å². The monoisotopic (exact) mass is 379 g/mol. The molecule has 1 aromatic rings. The maximum atomic E-state index is 11.1. The lowest BCUT2D eigenvalue weighted by Gasteiger charge is -2.64. The smallest absolute Gasteiger partial charge is 0.407 e. The van der Waals surface area contributed by atoms with E-state index >= 15 is 0 Å². The molecule has 126 valence electrons. The summed E-state index contributed by atoms with van der Waals surface area (Å²) in [6, 6.07) is 8.80. The number of halogens is 1. The molecule has 2 fully saturated rings. The van der Waals surface area contributed by atoms with Gasteiger partial charge in [-0.05, 0) is 54.2 Å². The van der Waals surface area contributed by atoms with Gasteiger partial charge < -0.3 is 10.0 Å². The van der Waals surface area contributed by atoms with Crippen LogP contribution in [0.2, 0.25) is 0 Å². The topological polar surface area (TPSA) is 40.5 Å². The molecular weight excluding hydrogens is 354 g/mol. The Morgan fingerprint density at radius 3 is 2.09 bits per heavy atom. The highest BCUT2D eigenvalue weighted by molar-refractivity contribution is 9.10. The van der Waals surface area contributed by atoms with E-state index in [0.29, 0.717) is 18.5 Å². The van der Waals surface area contributed by atoms with E-state index in [4.69, 9.17) is 5.11 Å². The fourth-order valence-corrected chi connectivity index (χ4v) is 4.96. The summed E-state index contributed by atoms with van der Waals surface area (Å²) in [7, 11) is 0. The molecular formula is C19H26BrNO2. The predicted octanol–water partition coefficient (Wildman–Crippen LogP) is 5.29. The Labute approximate surface area is 147 Å². The maximum Gasteiger partial charge on any atom is 0.407 e. The van der Waals surface area contributed by atoms with Crippen LogP contribution >= 0.6 is 15.9 Å². The molecule has 1 spiro atoms. The summed E-state index contributed by atoms with van der Waals surface area (Å²) in [5, 5.41) is 9.16. The van der Waals surface area contributed by atoms with Crippen LogP contribution in [-0.4, -0.2) is 29.2 Å². The van der Waals surface area contributed by atoms with Gasteiger partial charge in [-0.25, -0.2) is 4.79 Å². The highest BCUT2D eigenvalue weighted by Crippen LogP contribution is 2.66. The van der Waals surface area contributed by atoms with Gasteiger partial charge in [-0.2, -0.15) is 0 Å². The van der Waals surface area contributed by atoms with Gasteiger partial charge in [0.05, 0.1) is 0 Å². The number of carbonyl (C=O) groups is 1. The molecule has 4 heteroatoms. The van der Waals surface area contributed by atoms with E-state index < -0.39 is 6.09 Å². The number of benzene rings is 1. The second-order valence-corrected chi connectivity index (χ2v) is 9.38. The molecule has 1 aromatic carbocycles. The van der Waals surface area contributed by atoms with E-state index in [2.05, 4.69) is 61.0 Å². The molecule has 3 nitrogen and oxygen atoms in total. The molecule has 0 aromatic heterocycles. The molecule has 1 saturated carbocycles. The molecule has 1 aliphatic carbocycles. The molecule has 1 aliphatic heterocycles. The van der Waals surface area contributed by atoms with Crippen molar-refractivity contribution in [3.8, 4) is 0 Å². The van der Waals surface area contributed by atoms with Gasteiger partial charge in [0.15, 0.2) is 0 Å². The molecule has 1 heterocycles. The molecule has 0 unspecified atom stereocenters. The van der Waals surface area contributed by atoms with Gasteiger partial charge in [0, 0.05) is 23.0 Å². The number of hydrogen-bond donors (Lipinski definition) is 1. The van der Waals surface area contributed by atoms with Gasteiger partial charge in [0.1, 0.15) is 0 Å². The molecule has 3 rings (SSSR count). The van der Waals surface area contributed by atoms with Crippen LogP contribution in [0.1, 0.15) is 52.0 Å². The minimum atomic E-state index is -0.769. The zero-order valence-electron chi connectivity index (χ0n) is 14.2. The summed E-state index contributed by atoms with van der Waals surface area (Å²) in [6.07, 6.45) is 3.60. The van der Waals surface area contributed by atoms with Crippen molar-refractivity contribution >= 4 is 22.0 Å². The van der Waals surface area contributed by atoms with Crippen molar-refractivity contribution in [3.63, 3.8) is 0 Å². The van der Waals surface area contributed by atoms with Gasteiger partial charge >= 0.3 is 6.09 Å². The molecule has 1 N–H and O–H groups in total. The number of carboxylic acid groups (broad SMARTS) is 1. The van der Waals surface area contributed by atoms with E-state index in [1.807, 2.05) is 0 Å².